The molecule has 10 heteroatoms. The highest BCUT2D eigenvalue weighted by Gasteiger charge is 2.31. The van der Waals surface area contributed by atoms with Crippen LogP contribution in [0.5, 0.6) is 0 Å². The third kappa shape index (κ3) is 3.95. The minimum absolute atomic E-state index is 0.00115. The fourth-order valence-corrected chi connectivity index (χ4v) is 3.71. The lowest BCUT2D eigenvalue weighted by Crippen LogP contribution is -2.07. The van der Waals surface area contributed by atoms with Gasteiger partial charge in [0, 0.05) is 11.3 Å². The van der Waals surface area contributed by atoms with Crippen molar-refractivity contribution in [1.29, 1.82) is 0 Å². The number of hydrogen-bond donors (Lipinski definition) is 0. The summed E-state index contributed by atoms with van der Waals surface area (Å²) >= 11 is 1.01. The van der Waals surface area contributed by atoms with Gasteiger partial charge in [0.15, 0.2) is 22.6 Å². The topological polar surface area (TPSA) is 43.9 Å². The van der Waals surface area contributed by atoms with Gasteiger partial charge in [0.2, 0.25) is 5.82 Å². The van der Waals surface area contributed by atoms with E-state index in [9.17, 15) is 22.0 Å². The van der Waals surface area contributed by atoms with Crippen molar-refractivity contribution in [3.8, 4) is 17.3 Å². The van der Waals surface area contributed by atoms with Gasteiger partial charge < -0.3 is 4.42 Å². The second-order valence-electron chi connectivity index (χ2n) is 6.17. The predicted octanol–water partition coefficient (Wildman–Crippen LogP) is 6.12. The van der Waals surface area contributed by atoms with E-state index in [0.29, 0.717) is 5.76 Å². The Morgan fingerprint density at radius 1 is 0.967 bits per heavy atom. The van der Waals surface area contributed by atoms with E-state index >= 15 is 0 Å². The van der Waals surface area contributed by atoms with Crippen LogP contribution in [0.2, 0.25) is 0 Å². The minimum Gasteiger partial charge on any atom is -0.461 e. The maximum Gasteiger partial charge on any atom is 0.416 e. The van der Waals surface area contributed by atoms with Crippen molar-refractivity contribution in [2.45, 2.75) is 17.1 Å². The van der Waals surface area contributed by atoms with Crippen LogP contribution in [0.1, 0.15) is 11.1 Å². The summed E-state index contributed by atoms with van der Waals surface area (Å²) < 4.78 is 73.7. The monoisotopic (exact) mass is 437 g/mol. The molecule has 4 aromatic rings. The average molecular weight is 437 g/mol. The fraction of sp³-hybridized carbons (Fsp3) is 0.100. The van der Waals surface area contributed by atoms with Crippen LogP contribution in [0, 0.1) is 11.6 Å². The van der Waals surface area contributed by atoms with Gasteiger partial charge in [-0.25, -0.2) is 8.78 Å². The first-order valence-corrected chi connectivity index (χ1v) is 9.56. The molecule has 0 N–H and O–H groups in total. The Morgan fingerprint density at radius 2 is 1.77 bits per heavy atom. The first-order chi connectivity index (χ1) is 14.3. The summed E-state index contributed by atoms with van der Waals surface area (Å²) in [5.41, 5.74) is -0.590. The zero-order chi connectivity index (χ0) is 21.3. The van der Waals surface area contributed by atoms with Gasteiger partial charge in [-0.1, -0.05) is 30.0 Å². The molecule has 4 nitrogen and oxygen atoms in total. The standard InChI is InChI=1S/C20H12F5N3OS/c21-15-7-1-4-12(17(15)22)11-30-19-27-26-18(16-8-3-9-29-16)28(19)14-6-2-5-13(10-14)20(23,24)25/h1-10H,11H2. The zero-order valence-corrected chi connectivity index (χ0v) is 15.8. The van der Waals surface area contributed by atoms with Gasteiger partial charge >= 0.3 is 6.18 Å². The number of furan rings is 1. The van der Waals surface area contributed by atoms with E-state index in [1.165, 1.54) is 35.1 Å². The lowest BCUT2D eigenvalue weighted by molar-refractivity contribution is -0.137. The highest BCUT2D eigenvalue weighted by Crippen LogP contribution is 2.34. The summed E-state index contributed by atoms with van der Waals surface area (Å²) in [6, 6.07) is 11.7. The van der Waals surface area contributed by atoms with Crippen molar-refractivity contribution in [1.82, 2.24) is 14.8 Å². The van der Waals surface area contributed by atoms with Gasteiger partial charge in [0.25, 0.3) is 0 Å². The Kier molecular flexibility index (Phi) is 5.33. The van der Waals surface area contributed by atoms with Crippen LogP contribution in [0.15, 0.2) is 70.4 Å². The van der Waals surface area contributed by atoms with E-state index in [4.69, 9.17) is 4.42 Å². The molecule has 2 heterocycles. The van der Waals surface area contributed by atoms with Crippen LogP contribution in [0.4, 0.5) is 22.0 Å². The predicted molar refractivity (Wildman–Crippen MR) is 100.0 cm³/mol. The summed E-state index contributed by atoms with van der Waals surface area (Å²) in [5.74, 6) is -1.49. The van der Waals surface area contributed by atoms with Crippen LogP contribution >= 0.6 is 11.8 Å². The van der Waals surface area contributed by atoms with Crippen molar-refractivity contribution >= 4 is 11.8 Å². The van der Waals surface area contributed by atoms with Crippen molar-refractivity contribution in [3.05, 3.63) is 83.6 Å². The smallest absolute Gasteiger partial charge is 0.416 e. The molecule has 0 saturated carbocycles. The number of nitrogens with zero attached hydrogens (tertiary/aromatic N) is 3. The largest absolute Gasteiger partial charge is 0.461 e. The van der Waals surface area contributed by atoms with Crippen LogP contribution < -0.4 is 0 Å². The van der Waals surface area contributed by atoms with Crippen molar-refractivity contribution < 1.29 is 26.4 Å². The van der Waals surface area contributed by atoms with Crippen LogP contribution in [-0.4, -0.2) is 14.8 Å². The van der Waals surface area contributed by atoms with Crippen molar-refractivity contribution in [2.24, 2.45) is 0 Å². The van der Waals surface area contributed by atoms with E-state index in [2.05, 4.69) is 10.2 Å². The number of halogens is 5. The molecule has 0 bridgehead atoms. The molecule has 0 fully saturated rings. The molecule has 0 spiro atoms. The van der Waals surface area contributed by atoms with Crippen molar-refractivity contribution in [2.75, 3.05) is 0 Å². The molecule has 0 unspecified atom stereocenters. The van der Waals surface area contributed by atoms with Gasteiger partial charge in [-0.15, -0.1) is 10.2 Å². The third-order valence-electron chi connectivity index (χ3n) is 4.19. The van der Waals surface area contributed by atoms with Crippen LogP contribution in [0.3, 0.4) is 0 Å². The van der Waals surface area contributed by atoms with Gasteiger partial charge in [-0.3, -0.25) is 4.57 Å². The van der Waals surface area contributed by atoms with Crippen LogP contribution in [0.25, 0.3) is 17.3 Å². The molecule has 0 amide bonds. The van der Waals surface area contributed by atoms with Gasteiger partial charge in [0.1, 0.15) is 0 Å². The number of alkyl halides is 3. The Labute approximate surface area is 171 Å². The fourth-order valence-electron chi connectivity index (χ4n) is 2.79. The SMILES string of the molecule is Fc1cccc(CSc2nnc(-c3ccco3)n2-c2cccc(C(F)(F)F)c2)c1F. The summed E-state index contributed by atoms with van der Waals surface area (Å²) in [5, 5.41) is 8.25. The first kappa shape index (κ1) is 20.1. The zero-order valence-electron chi connectivity index (χ0n) is 15.0. The summed E-state index contributed by atoms with van der Waals surface area (Å²) in [6.45, 7) is 0. The van der Waals surface area contributed by atoms with E-state index in [1.807, 2.05) is 0 Å². The normalized spacial score (nSPS) is 11.8. The summed E-state index contributed by atoms with van der Waals surface area (Å²) in [7, 11) is 0. The Bertz CT molecular complexity index is 1170. The second-order valence-corrected chi connectivity index (χ2v) is 7.11. The molecule has 2 aromatic heterocycles. The quantitative estimate of drug-likeness (QED) is 0.279. The van der Waals surface area contributed by atoms with E-state index < -0.39 is 23.4 Å². The molecule has 0 aliphatic rings. The first-order valence-electron chi connectivity index (χ1n) is 8.57. The Hall–Kier alpha value is -3.14. The molecule has 0 atom stereocenters. The van der Waals surface area contributed by atoms with Crippen LogP contribution in [-0.2, 0) is 11.9 Å². The molecule has 4 rings (SSSR count). The lowest BCUT2D eigenvalue weighted by atomic mass is 10.2. The molecular weight excluding hydrogens is 425 g/mol. The van der Waals surface area contributed by atoms with E-state index in [0.717, 1.165) is 30.0 Å². The van der Waals surface area contributed by atoms with Gasteiger partial charge in [0.05, 0.1) is 17.5 Å². The highest BCUT2D eigenvalue weighted by molar-refractivity contribution is 7.98. The molecule has 2 aromatic carbocycles. The highest BCUT2D eigenvalue weighted by atomic mass is 32.2. The molecule has 154 valence electrons. The summed E-state index contributed by atoms with van der Waals surface area (Å²) in [4.78, 5) is 0. The lowest BCUT2D eigenvalue weighted by Gasteiger charge is -2.12. The number of aromatic nitrogens is 3. The number of hydrogen-bond acceptors (Lipinski definition) is 4. The third-order valence-corrected chi connectivity index (χ3v) is 5.17. The molecule has 30 heavy (non-hydrogen) atoms. The number of rotatable bonds is 5. The Balaban J connectivity index is 1.76. The molecular formula is C20H12F5N3OS. The van der Waals surface area contributed by atoms with Gasteiger partial charge in [-0.2, -0.15) is 13.2 Å². The van der Waals surface area contributed by atoms with Crippen molar-refractivity contribution in [3.63, 3.8) is 0 Å². The average Bonchev–Trinajstić information content (AvgIpc) is 3.38. The minimum atomic E-state index is -4.53. The maximum absolute atomic E-state index is 14.0. The molecule has 0 radical (unpaired) electrons. The maximum atomic E-state index is 14.0. The van der Waals surface area contributed by atoms with E-state index in [-0.39, 0.29) is 28.0 Å². The molecule has 0 aliphatic carbocycles. The number of thioether (sulfide) groups is 1. The Morgan fingerprint density at radius 3 is 2.50 bits per heavy atom. The van der Waals surface area contributed by atoms with Gasteiger partial charge in [-0.05, 0) is 36.4 Å². The number of benzene rings is 2. The summed E-state index contributed by atoms with van der Waals surface area (Å²) in [6.07, 6.45) is -3.14. The van der Waals surface area contributed by atoms with E-state index in [1.54, 1.807) is 12.1 Å². The second kappa shape index (κ2) is 7.94. The molecule has 0 aliphatic heterocycles. The molecule has 0 saturated heterocycles.